The zero-order valence-electron chi connectivity index (χ0n) is 21.5. The Bertz CT molecular complexity index is 772. The number of carbonyl (C=O) groups is 1. The number of ether oxygens (including phenoxy) is 1. The lowest BCUT2D eigenvalue weighted by atomic mass is 10.2. The molecule has 0 aliphatic rings. The third kappa shape index (κ3) is 25.0. The topological polar surface area (TPSA) is 133 Å². The second kappa shape index (κ2) is 24.6. The van der Waals surface area contributed by atoms with Crippen LogP contribution in [-0.2, 0) is 23.1 Å². The maximum absolute atomic E-state index is 11.7. The van der Waals surface area contributed by atoms with Crippen LogP contribution in [0.1, 0.15) is 58.3 Å². The van der Waals surface area contributed by atoms with E-state index < -0.39 is 26.5 Å². The van der Waals surface area contributed by atoms with Crippen molar-refractivity contribution in [2.24, 2.45) is 0 Å². The number of quaternary nitrogens is 1. The van der Waals surface area contributed by atoms with E-state index in [0.717, 1.165) is 38.5 Å². The van der Waals surface area contributed by atoms with E-state index in [1.54, 1.807) is 0 Å². The maximum Gasteiger partial charge on any atom is 0.306 e. The summed E-state index contributed by atoms with van der Waals surface area (Å²) >= 11 is 0. The summed E-state index contributed by atoms with van der Waals surface area (Å²) in [6.07, 6.45) is 30.5. The van der Waals surface area contributed by atoms with Gasteiger partial charge in [-0.25, -0.2) is 0 Å². The molecule has 36 heavy (non-hydrogen) atoms. The summed E-state index contributed by atoms with van der Waals surface area (Å²) < 4.78 is 25.2. The van der Waals surface area contributed by atoms with Crippen LogP contribution in [0.4, 0.5) is 0 Å². The molecule has 0 heterocycles. The lowest BCUT2D eigenvalue weighted by molar-refractivity contribution is -0.373. The van der Waals surface area contributed by atoms with Crippen LogP contribution in [-0.4, -0.2) is 43.5 Å². The van der Waals surface area contributed by atoms with Gasteiger partial charge in [-0.2, -0.15) is 0 Å². The molecule has 2 atom stereocenters. The number of rotatable bonds is 22. The number of allylic oxidation sites excluding steroid dienone is 12. The first-order chi connectivity index (χ1) is 17.4. The molecule has 0 spiro atoms. The number of hydrogen-bond acceptors (Lipinski definition) is 7. The number of phosphoric acid groups is 1. The molecule has 0 radical (unpaired) electrons. The van der Waals surface area contributed by atoms with Gasteiger partial charge >= 0.3 is 5.97 Å². The van der Waals surface area contributed by atoms with Crippen LogP contribution >= 0.6 is 7.82 Å². The van der Waals surface area contributed by atoms with Crippen LogP contribution in [0.3, 0.4) is 0 Å². The van der Waals surface area contributed by atoms with Crippen LogP contribution in [0.2, 0.25) is 0 Å². The summed E-state index contributed by atoms with van der Waals surface area (Å²) in [5.41, 5.74) is 3.45. The standard InChI is InChI=1S/C27H44NO7P/c1-2-3-4-5-6-7-8-9-10-11-12-13-14-15-16-17-18-19-20-21-27(30)33-24-26(29)25-35-36(31,32)34-23-22-28/h3-4,6-7,9-10,12-13,15-16,18-19,26,29H,2,5,8,11,14,17,20-25,28H2,1H3,(H,31,32)/b4-3+,7-6+,10-9+,13-12+,16-15+,19-18+/t26-/m1/s1. The Morgan fingerprint density at radius 2 is 1.31 bits per heavy atom. The first kappa shape index (κ1) is 33.9. The summed E-state index contributed by atoms with van der Waals surface area (Å²) in [5, 5.41) is 9.66. The van der Waals surface area contributed by atoms with Crippen molar-refractivity contribution >= 4 is 13.8 Å². The number of carbonyl (C=O) groups excluding carboxylic acids is 1. The number of aliphatic hydroxyl groups is 1. The van der Waals surface area contributed by atoms with Crippen molar-refractivity contribution in [1.29, 1.82) is 0 Å². The van der Waals surface area contributed by atoms with Gasteiger partial charge in [-0.3, -0.25) is 9.36 Å². The molecule has 0 fully saturated rings. The van der Waals surface area contributed by atoms with Crippen molar-refractivity contribution in [2.45, 2.75) is 64.4 Å². The van der Waals surface area contributed by atoms with E-state index in [1.165, 1.54) is 0 Å². The average molecular weight is 526 g/mol. The minimum atomic E-state index is -4.48. The fraction of sp³-hybridized carbons (Fsp3) is 0.519. The van der Waals surface area contributed by atoms with Crippen LogP contribution in [0.15, 0.2) is 72.9 Å². The molecule has 0 saturated carbocycles. The van der Waals surface area contributed by atoms with Crippen molar-refractivity contribution in [3.63, 3.8) is 0 Å². The van der Waals surface area contributed by atoms with Gasteiger partial charge < -0.3 is 29.5 Å². The van der Waals surface area contributed by atoms with Crippen LogP contribution in [0.5, 0.6) is 0 Å². The molecule has 0 aromatic rings. The predicted molar refractivity (Wildman–Crippen MR) is 142 cm³/mol. The molecule has 1 unspecified atom stereocenters. The van der Waals surface area contributed by atoms with Gasteiger partial charge in [-0.15, -0.1) is 0 Å². The number of esters is 1. The Morgan fingerprint density at radius 3 is 1.78 bits per heavy atom. The highest BCUT2D eigenvalue weighted by molar-refractivity contribution is 7.45. The lowest BCUT2D eigenvalue weighted by Crippen LogP contribution is -2.52. The zero-order valence-corrected chi connectivity index (χ0v) is 22.4. The molecule has 9 heteroatoms. The molecule has 0 saturated heterocycles. The SMILES string of the molecule is CC/C=C/C/C=C/C/C=C/C/C=C/C/C=C/C/C=C/CCC(=O)OC[C@@H](O)COP(=O)([O-])OCC[NH3+]. The quantitative estimate of drug-likeness (QED) is 0.123. The molecule has 0 bridgehead atoms. The fourth-order valence-electron chi connectivity index (χ4n) is 2.54. The van der Waals surface area contributed by atoms with Gasteiger partial charge in [0, 0.05) is 6.42 Å². The van der Waals surface area contributed by atoms with E-state index in [2.05, 4.69) is 82.5 Å². The Labute approximate surface area is 216 Å². The van der Waals surface area contributed by atoms with Gasteiger partial charge in [0.15, 0.2) is 0 Å². The summed E-state index contributed by atoms with van der Waals surface area (Å²) in [7, 11) is -4.48. The predicted octanol–water partition coefficient (Wildman–Crippen LogP) is 4.11. The van der Waals surface area contributed by atoms with Crippen molar-refractivity contribution in [3.8, 4) is 0 Å². The molecule has 8 nitrogen and oxygen atoms in total. The largest absolute Gasteiger partial charge is 0.756 e. The zero-order chi connectivity index (χ0) is 26.7. The summed E-state index contributed by atoms with van der Waals surface area (Å²) in [5.74, 6) is -0.479. The third-order valence-corrected chi connectivity index (χ3v) is 5.33. The molecular weight excluding hydrogens is 481 g/mol. The van der Waals surface area contributed by atoms with Crippen LogP contribution < -0.4 is 10.6 Å². The summed E-state index contributed by atoms with van der Waals surface area (Å²) in [4.78, 5) is 23.0. The highest BCUT2D eigenvalue weighted by Crippen LogP contribution is 2.37. The van der Waals surface area contributed by atoms with E-state index >= 15 is 0 Å². The third-order valence-electron chi connectivity index (χ3n) is 4.37. The fourth-order valence-corrected chi connectivity index (χ4v) is 3.32. The maximum atomic E-state index is 11.7. The Morgan fingerprint density at radius 1 is 0.833 bits per heavy atom. The van der Waals surface area contributed by atoms with Crippen molar-refractivity contribution in [2.75, 3.05) is 26.4 Å². The molecule has 0 aliphatic carbocycles. The molecular formula is C27H44NO7P. The second-order valence-electron chi connectivity index (χ2n) is 7.72. The molecule has 204 valence electrons. The van der Waals surface area contributed by atoms with Gasteiger partial charge in [-0.1, -0.05) is 79.8 Å². The smallest absolute Gasteiger partial charge is 0.306 e. The molecule has 4 N–H and O–H groups in total. The monoisotopic (exact) mass is 525 g/mol. The second-order valence-corrected chi connectivity index (χ2v) is 9.13. The molecule has 0 rings (SSSR count). The minimum absolute atomic E-state index is 0.0968. The Kier molecular flexibility index (Phi) is 23.2. The van der Waals surface area contributed by atoms with Crippen LogP contribution in [0.25, 0.3) is 0 Å². The summed E-state index contributed by atoms with van der Waals surface area (Å²) in [6.45, 7) is 1.42. The van der Waals surface area contributed by atoms with E-state index in [4.69, 9.17) is 4.74 Å². The van der Waals surface area contributed by atoms with Crippen molar-refractivity contribution < 1.29 is 38.9 Å². The van der Waals surface area contributed by atoms with E-state index in [-0.39, 0.29) is 26.2 Å². The number of hydrogen-bond donors (Lipinski definition) is 2. The van der Waals surface area contributed by atoms with Gasteiger partial charge in [0.1, 0.15) is 19.3 Å². The van der Waals surface area contributed by atoms with Gasteiger partial charge in [-0.05, 0) is 44.9 Å². The van der Waals surface area contributed by atoms with Crippen LogP contribution in [0, 0.1) is 0 Å². The first-order valence-electron chi connectivity index (χ1n) is 12.5. The van der Waals surface area contributed by atoms with Crippen molar-refractivity contribution in [1.82, 2.24) is 0 Å². The highest BCUT2D eigenvalue weighted by atomic mass is 31.2. The lowest BCUT2D eigenvalue weighted by Gasteiger charge is -2.23. The molecule has 0 amide bonds. The first-order valence-corrected chi connectivity index (χ1v) is 14.0. The average Bonchev–Trinajstić information content (AvgIpc) is 2.86. The van der Waals surface area contributed by atoms with Crippen molar-refractivity contribution in [3.05, 3.63) is 72.9 Å². The van der Waals surface area contributed by atoms with E-state index in [1.807, 2.05) is 12.2 Å². The normalized spacial score (nSPS) is 15.3. The highest BCUT2D eigenvalue weighted by Gasteiger charge is 2.14. The molecule has 0 aliphatic heterocycles. The Balaban J connectivity index is 3.74. The summed E-state index contributed by atoms with van der Waals surface area (Å²) in [6, 6.07) is 0. The van der Waals surface area contributed by atoms with Gasteiger partial charge in [0.05, 0.1) is 13.2 Å². The molecule has 0 aromatic heterocycles. The van der Waals surface area contributed by atoms with E-state index in [0.29, 0.717) is 6.42 Å². The van der Waals surface area contributed by atoms with E-state index in [9.17, 15) is 19.4 Å². The number of aliphatic hydroxyl groups excluding tert-OH is 1. The van der Waals surface area contributed by atoms with Gasteiger partial charge in [0.2, 0.25) is 0 Å². The van der Waals surface area contributed by atoms with Gasteiger partial charge in [0.25, 0.3) is 7.82 Å². The minimum Gasteiger partial charge on any atom is -0.756 e. The Hall–Kier alpha value is -2.06. The molecule has 0 aromatic carbocycles. The number of phosphoric ester groups is 1.